The van der Waals surface area contributed by atoms with E-state index in [0.717, 1.165) is 55.7 Å². The minimum Gasteiger partial charge on any atom is -0.381 e. The number of nitrogens with zero attached hydrogens (tertiary/aromatic N) is 2. The molecule has 0 saturated carbocycles. The monoisotopic (exact) mass is 342 g/mol. The van der Waals surface area contributed by atoms with E-state index in [4.69, 9.17) is 4.74 Å². The molecular formula is C15H23BrN2O2. The summed E-state index contributed by atoms with van der Waals surface area (Å²) in [6.45, 7) is 5.39. The van der Waals surface area contributed by atoms with E-state index < -0.39 is 0 Å². The molecule has 1 aliphatic heterocycles. The Balaban J connectivity index is 2.01. The van der Waals surface area contributed by atoms with Crippen LogP contribution >= 0.6 is 15.9 Å². The molecule has 1 aromatic rings. The minimum absolute atomic E-state index is 0.0923. The predicted octanol–water partition coefficient (Wildman–Crippen LogP) is 3.16. The average Bonchev–Trinajstić information content (AvgIpc) is 2.80. The summed E-state index contributed by atoms with van der Waals surface area (Å²) in [4.78, 5) is 14.4. The summed E-state index contributed by atoms with van der Waals surface area (Å²) in [5.41, 5.74) is 0.762. The van der Waals surface area contributed by atoms with Gasteiger partial charge in [-0.15, -0.1) is 0 Å². The van der Waals surface area contributed by atoms with Crippen LogP contribution < -0.4 is 0 Å². The first-order chi connectivity index (χ1) is 9.61. The molecule has 1 unspecified atom stereocenters. The molecule has 0 N–H and O–H groups in total. The van der Waals surface area contributed by atoms with Crippen LogP contribution in [0.5, 0.6) is 0 Å². The van der Waals surface area contributed by atoms with Crippen molar-refractivity contribution in [3.63, 3.8) is 0 Å². The van der Waals surface area contributed by atoms with Gasteiger partial charge in [0.15, 0.2) is 0 Å². The van der Waals surface area contributed by atoms with Crippen molar-refractivity contribution in [2.45, 2.75) is 32.7 Å². The van der Waals surface area contributed by atoms with Gasteiger partial charge in [0, 0.05) is 37.4 Å². The number of aryl methyl sites for hydroxylation is 1. The maximum atomic E-state index is 12.6. The number of halogens is 1. The van der Waals surface area contributed by atoms with Gasteiger partial charge in [0.05, 0.1) is 6.61 Å². The number of rotatable bonds is 5. The van der Waals surface area contributed by atoms with Crippen molar-refractivity contribution in [3.05, 3.63) is 22.4 Å². The molecule has 0 radical (unpaired) electrons. The number of aromatic nitrogens is 1. The molecule has 0 spiro atoms. The van der Waals surface area contributed by atoms with E-state index in [1.807, 2.05) is 28.8 Å². The van der Waals surface area contributed by atoms with Gasteiger partial charge in [-0.3, -0.25) is 4.79 Å². The van der Waals surface area contributed by atoms with Crippen molar-refractivity contribution in [3.8, 4) is 0 Å². The second-order valence-electron chi connectivity index (χ2n) is 5.51. The molecule has 2 heterocycles. The molecule has 1 saturated heterocycles. The third-order valence-electron chi connectivity index (χ3n) is 3.68. The Kier molecular flexibility index (Phi) is 5.66. The van der Waals surface area contributed by atoms with Crippen LogP contribution in [0.25, 0.3) is 0 Å². The Bertz CT molecular complexity index is 453. The summed E-state index contributed by atoms with van der Waals surface area (Å²) in [5.74, 6) is 0.561. The second kappa shape index (κ2) is 7.27. The van der Waals surface area contributed by atoms with Gasteiger partial charge in [-0.1, -0.05) is 6.92 Å². The molecule has 1 atom stereocenters. The van der Waals surface area contributed by atoms with Crippen molar-refractivity contribution in [2.75, 3.05) is 26.8 Å². The average molecular weight is 343 g/mol. The third kappa shape index (κ3) is 3.85. The van der Waals surface area contributed by atoms with Crippen molar-refractivity contribution in [1.29, 1.82) is 0 Å². The maximum absolute atomic E-state index is 12.6. The zero-order valence-electron chi connectivity index (χ0n) is 12.3. The number of hydrogen-bond donors (Lipinski definition) is 0. The van der Waals surface area contributed by atoms with Crippen LogP contribution in [0.4, 0.5) is 0 Å². The zero-order chi connectivity index (χ0) is 14.5. The van der Waals surface area contributed by atoms with E-state index in [-0.39, 0.29) is 5.91 Å². The smallest absolute Gasteiger partial charge is 0.270 e. The van der Waals surface area contributed by atoms with Gasteiger partial charge in [0.1, 0.15) is 5.69 Å². The fourth-order valence-electron chi connectivity index (χ4n) is 2.70. The van der Waals surface area contributed by atoms with Gasteiger partial charge in [0.2, 0.25) is 0 Å². The van der Waals surface area contributed by atoms with Crippen LogP contribution in [0.2, 0.25) is 0 Å². The number of hydrogen-bond acceptors (Lipinski definition) is 2. The lowest BCUT2D eigenvalue weighted by molar-refractivity contribution is 0.0385. The highest BCUT2D eigenvalue weighted by molar-refractivity contribution is 9.10. The standard InChI is InChI=1S/C15H23BrN2O2/c1-3-6-18-10-13(16)8-14(18)15(19)17(2)9-12-5-4-7-20-11-12/h8,10,12H,3-7,9,11H2,1-2H3. The molecule has 0 bridgehead atoms. The molecular weight excluding hydrogens is 320 g/mol. The Morgan fingerprint density at radius 2 is 2.40 bits per heavy atom. The molecule has 0 aliphatic carbocycles. The largest absolute Gasteiger partial charge is 0.381 e. The van der Waals surface area contributed by atoms with Crippen LogP contribution in [-0.4, -0.2) is 42.2 Å². The lowest BCUT2D eigenvalue weighted by atomic mass is 10.0. The summed E-state index contributed by atoms with van der Waals surface area (Å²) < 4.78 is 8.47. The molecule has 1 amide bonds. The van der Waals surface area contributed by atoms with E-state index in [2.05, 4.69) is 22.9 Å². The lowest BCUT2D eigenvalue weighted by Gasteiger charge is -2.27. The second-order valence-corrected chi connectivity index (χ2v) is 6.42. The molecule has 4 nitrogen and oxygen atoms in total. The van der Waals surface area contributed by atoms with E-state index in [9.17, 15) is 4.79 Å². The Hall–Kier alpha value is -0.810. The van der Waals surface area contributed by atoms with Gasteiger partial charge in [0.25, 0.3) is 5.91 Å². The van der Waals surface area contributed by atoms with Crippen molar-refractivity contribution in [1.82, 2.24) is 9.47 Å². The van der Waals surface area contributed by atoms with Crippen LogP contribution in [0.3, 0.4) is 0 Å². The van der Waals surface area contributed by atoms with Crippen LogP contribution in [-0.2, 0) is 11.3 Å². The molecule has 1 aliphatic rings. The predicted molar refractivity (Wildman–Crippen MR) is 82.9 cm³/mol. The highest BCUT2D eigenvalue weighted by Gasteiger charge is 2.21. The van der Waals surface area contributed by atoms with E-state index in [0.29, 0.717) is 5.92 Å². The van der Waals surface area contributed by atoms with Crippen molar-refractivity contribution >= 4 is 21.8 Å². The number of carbonyl (C=O) groups is 1. The van der Waals surface area contributed by atoms with E-state index >= 15 is 0 Å². The lowest BCUT2D eigenvalue weighted by Crippen LogP contribution is -2.36. The molecule has 0 aromatic carbocycles. The van der Waals surface area contributed by atoms with Crippen molar-refractivity contribution < 1.29 is 9.53 Å². The van der Waals surface area contributed by atoms with Crippen molar-refractivity contribution in [2.24, 2.45) is 5.92 Å². The number of amides is 1. The van der Waals surface area contributed by atoms with Crippen LogP contribution in [0, 0.1) is 5.92 Å². The topological polar surface area (TPSA) is 34.5 Å². The van der Waals surface area contributed by atoms with Gasteiger partial charge < -0.3 is 14.2 Å². The summed E-state index contributed by atoms with van der Waals surface area (Å²) in [7, 11) is 1.88. The summed E-state index contributed by atoms with van der Waals surface area (Å²) in [5, 5.41) is 0. The summed E-state index contributed by atoms with van der Waals surface area (Å²) in [6, 6.07) is 1.91. The zero-order valence-corrected chi connectivity index (χ0v) is 13.9. The number of ether oxygens (including phenoxy) is 1. The highest BCUT2D eigenvalue weighted by Crippen LogP contribution is 2.19. The molecule has 112 valence electrons. The summed E-state index contributed by atoms with van der Waals surface area (Å²) in [6.07, 6.45) is 5.25. The molecule has 1 fully saturated rings. The van der Waals surface area contributed by atoms with E-state index in [1.54, 1.807) is 0 Å². The Morgan fingerprint density at radius 3 is 3.05 bits per heavy atom. The minimum atomic E-state index is 0.0923. The quantitative estimate of drug-likeness (QED) is 0.823. The van der Waals surface area contributed by atoms with Gasteiger partial charge in [-0.05, 0) is 47.2 Å². The molecule has 20 heavy (non-hydrogen) atoms. The van der Waals surface area contributed by atoms with E-state index in [1.165, 1.54) is 0 Å². The molecule has 5 heteroatoms. The van der Waals surface area contributed by atoms with Gasteiger partial charge in [-0.2, -0.15) is 0 Å². The molecule has 2 rings (SSSR count). The Morgan fingerprint density at radius 1 is 1.60 bits per heavy atom. The summed E-state index contributed by atoms with van der Waals surface area (Å²) >= 11 is 3.46. The van der Waals surface area contributed by atoms with Crippen LogP contribution in [0.15, 0.2) is 16.7 Å². The van der Waals surface area contributed by atoms with Gasteiger partial charge >= 0.3 is 0 Å². The fraction of sp³-hybridized carbons (Fsp3) is 0.667. The first-order valence-corrected chi connectivity index (χ1v) is 8.10. The normalized spacial score (nSPS) is 19.1. The maximum Gasteiger partial charge on any atom is 0.270 e. The third-order valence-corrected chi connectivity index (χ3v) is 4.11. The van der Waals surface area contributed by atoms with Crippen LogP contribution in [0.1, 0.15) is 36.7 Å². The highest BCUT2D eigenvalue weighted by atomic mass is 79.9. The number of carbonyl (C=O) groups excluding carboxylic acids is 1. The SMILES string of the molecule is CCCn1cc(Br)cc1C(=O)N(C)CC1CCCOC1. The first-order valence-electron chi connectivity index (χ1n) is 7.30. The molecule has 1 aromatic heterocycles. The first kappa shape index (κ1) is 15.6. The Labute approximate surface area is 129 Å². The fourth-order valence-corrected chi connectivity index (χ4v) is 3.16. The van der Waals surface area contributed by atoms with Gasteiger partial charge in [-0.25, -0.2) is 0 Å².